The summed E-state index contributed by atoms with van der Waals surface area (Å²) in [5, 5.41) is 22.7. The van der Waals surface area contributed by atoms with Gasteiger partial charge in [0.05, 0.1) is 24.4 Å². The number of thioether (sulfide) groups is 1. The molecule has 0 aliphatic carbocycles. The molecule has 1 unspecified atom stereocenters. The highest BCUT2D eigenvalue weighted by Crippen LogP contribution is 2.48. The molecule has 2 heterocycles. The molecule has 4 aromatic carbocycles. The quantitative estimate of drug-likeness (QED) is 0.0964. The minimum atomic E-state index is -1.06. The largest absolute Gasteiger partial charge is 0.478 e. The third-order valence-electron chi connectivity index (χ3n) is 8.30. The van der Waals surface area contributed by atoms with Gasteiger partial charge in [-0.15, -0.1) is 11.8 Å². The molecule has 0 radical (unpaired) electrons. The molecule has 248 valence electrons. The van der Waals surface area contributed by atoms with Gasteiger partial charge in [0.25, 0.3) is 5.91 Å². The second-order valence-electron chi connectivity index (χ2n) is 11.6. The van der Waals surface area contributed by atoms with Crippen LogP contribution in [0, 0.1) is 0 Å². The van der Waals surface area contributed by atoms with Crippen molar-refractivity contribution in [2.45, 2.75) is 43.0 Å². The number of pyridine rings is 1. The Labute approximate surface area is 287 Å². The summed E-state index contributed by atoms with van der Waals surface area (Å²) in [6.07, 6.45) is -0.308. The van der Waals surface area contributed by atoms with Gasteiger partial charge in [-0.3, -0.25) is 9.59 Å². The van der Waals surface area contributed by atoms with Gasteiger partial charge >= 0.3 is 5.97 Å². The lowest BCUT2D eigenvalue weighted by molar-refractivity contribution is -0.255. The lowest BCUT2D eigenvalue weighted by Crippen LogP contribution is -2.38. The number of nitrogens with zero attached hydrogens (tertiary/aromatic N) is 1. The highest BCUT2D eigenvalue weighted by Gasteiger charge is 2.42. The number of ketones is 1. The number of aliphatic hydroxyl groups is 1. The molecular formula is C39H34N2O7S. The second-order valence-corrected chi connectivity index (χ2v) is 12.6. The van der Waals surface area contributed by atoms with E-state index in [-0.39, 0.29) is 29.8 Å². The number of rotatable bonds is 11. The molecule has 0 bridgehead atoms. The molecule has 1 saturated heterocycles. The average Bonchev–Trinajstić information content (AvgIpc) is 3.14. The van der Waals surface area contributed by atoms with E-state index in [0.717, 1.165) is 16.7 Å². The molecule has 5 aromatic rings. The number of Topliss-reactive ketones (excluding diaryl/α,β-unsaturated/α-hetero) is 1. The summed E-state index contributed by atoms with van der Waals surface area (Å²) >= 11 is 1.30. The first-order valence-electron chi connectivity index (χ1n) is 15.7. The highest BCUT2D eigenvalue weighted by molar-refractivity contribution is 7.99. The van der Waals surface area contributed by atoms with Gasteiger partial charge in [0.1, 0.15) is 5.03 Å². The number of amides is 1. The van der Waals surface area contributed by atoms with Crippen LogP contribution < -0.4 is 5.32 Å². The van der Waals surface area contributed by atoms with Crippen LogP contribution in [0.25, 0.3) is 0 Å². The van der Waals surface area contributed by atoms with E-state index >= 15 is 0 Å². The van der Waals surface area contributed by atoms with Crippen LogP contribution in [-0.4, -0.2) is 44.7 Å². The van der Waals surface area contributed by atoms with Crippen molar-refractivity contribution in [1.82, 2.24) is 4.98 Å². The van der Waals surface area contributed by atoms with E-state index in [1.165, 1.54) is 24.8 Å². The van der Waals surface area contributed by atoms with E-state index in [0.29, 0.717) is 33.2 Å². The number of ether oxygens (including phenoxy) is 2. The Morgan fingerprint density at radius 3 is 2.27 bits per heavy atom. The summed E-state index contributed by atoms with van der Waals surface area (Å²) in [6, 6.07) is 34.3. The van der Waals surface area contributed by atoms with Gasteiger partial charge < -0.3 is 25.0 Å². The molecule has 1 aliphatic rings. The Kier molecular flexibility index (Phi) is 10.6. The van der Waals surface area contributed by atoms with Crippen LogP contribution >= 0.6 is 11.8 Å². The smallest absolute Gasteiger partial charge is 0.338 e. The number of aromatic nitrogens is 1. The van der Waals surface area contributed by atoms with Gasteiger partial charge in [0, 0.05) is 40.2 Å². The fourth-order valence-electron chi connectivity index (χ4n) is 5.83. The standard InChI is InChI=1S/C39H34N2O7S/c1-24(43)28-10-6-13-31(21-28)41-36(44)29-11-5-12-30(20-29)39-47-33(23-49-37-32(38(45)46)14-7-19-40-37)34(26-8-3-2-4-9-26)35(48-39)27-17-15-25(22-42)16-18-27/h2-21,33-35,39,42H,22-23H2,1H3,(H,41,44)(H,45,46)/t33-,34-,35+,39?/m1/s1. The summed E-state index contributed by atoms with van der Waals surface area (Å²) in [4.78, 5) is 41.5. The summed E-state index contributed by atoms with van der Waals surface area (Å²) in [6.45, 7) is 1.38. The number of aromatic carboxylic acids is 1. The van der Waals surface area contributed by atoms with Crippen LogP contribution in [0.5, 0.6) is 0 Å². The van der Waals surface area contributed by atoms with Gasteiger partial charge in [0.15, 0.2) is 12.1 Å². The molecule has 10 heteroatoms. The molecule has 4 atom stereocenters. The maximum absolute atomic E-state index is 13.4. The fourth-order valence-corrected chi connectivity index (χ4v) is 6.88. The number of hydrogen-bond donors (Lipinski definition) is 3. The van der Waals surface area contributed by atoms with Gasteiger partial charge in [-0.2, -0.15) is 0 Å². The minimum absolute atomic E-state index is 0.0944. The second kappa shape index (κ2) is 15.4. The minimum Gasteiger partial charge on any atom is -0.478 e. The van der Waals surface area contributed by atoms with Crippen molar-refractivity contribution >= 4 is 35.1 Å². The molecule has 1 aliphatic heterocycles. The third-order valence-corrected chi connectivity index (χ3v) is 9.40. The molecular weight excluding hydrogens is 641 g/mol. The highest BCUT2D eigenvalue weighted by atomic mass is 32.2. The van der Waals surface area contributed by atoms with Crippen molar-refractivity contribution in [3.8, 4) is 0 Å². The zero-order valence-corrected chi connectivity index (χ0v) is 27.4. The van der Waals surface area contributed by atoms with Crippen LogP contribution in [0.2, 0.25) is 0 Å². The van der Waals surface area contributed by atoms with Gasteiger partial charge in [0.2, 0.25) is 0 Å². The summed E-state index contributed by atoms with van der Waals surface area (Å²) in [7, 11) is 0. The number of carboxylic acids is 1. The van der Waals surface area contributed by atoms with E-state index in [2.05, 4.69) is 10.3 Å². The van der Waals surface area contributed by atoms with E-state index < -0.39 is 24.5 Å². The van der Waals surface area contributed by atoms with Crippen LogP contribution in [0.15, 0.2) is 126 Å². The molecule has 1 fully saturated rings. The normalized spacial score (nSPS) is 18.8. The first kappa shape index (κ1) is 33.8. The number of carboxylic acid groups (broad SMARTS) is 1. The molecule has 1 aromatic heterocycles. The Balaban J connectivity index is 1.35. The zero-order valence-electron chi connectivity index (χ0n) is 26.6. The van der Waals surface area contributed by atoms with E-state index in [1.807, 2.05) is 60.7 Å². The van der Waals surface area contributed by atoms with E-state index in [1.54, 1.807) is 54.7 Å². The molecule has 0 spiro atoms. The topological polar surface area (TPSA) is 135 Å². The molecule has 3 N–H and O–H groups in total. The molecule has 0 saturated carbocycles. The number of hydrogen-bond acceptors (Lipinski definition) is 8. The Hall–Kier alpha value is -5.13. The lowest BCUT2D eigenvalue weighted by Gasteiger charge is -2.43. The van der Waals surface area contributed by atoms with Crippen molar-refractivity contribution < 1.29 is 34.1 Å². The summed E-state index contributed by atoms with van der Waals surface area (Å²) < 4.78 is 13.5. The number of benzene rings is 4. The predicted octanol–water partition coefficient (Wildman–Crippen LogP) is 7.46. The SMILES string of the molecule is CC(=O)c1cccc(NC(=O)c2cccc(C3O[C@H](CSc4ncccc4C(=O)O)[C@@H](c4ccccc4)[C@H](c4ccc(CO)cc4)O3)c2)c1. The van der Waals surface area contributed by atoms with Crippen molar-refractivity contribution in [3.63, 3.8) is 0 Å². The Morgan fingerprint density at radius 1 is 0.796 bits per heavy atom. The van der Waals surface area contributed by atoms with Gasteiger partial charge in [-0.1, -0.05) is 78.9 Å². The van der Waals surface area contributed by atoms with Crippen molar-refractivity contribution in [2.24, 2.45) is 0 Å². The molecule has 49 heavy (non-hydrogen) atoms. The van der Waals surface area contributed by atoms with Crippen LogP contribution in [-0.2, 0) is 16.1 Å². The lowest BCUT2D eigenvalue weighted by atomic mass is 9.84. The monoisotopic (exact) mass is 674 g/mol. The number of anilines is 1. The predicted molar refractivity (Wildman–Crippen MR) is 186 cm³/mol. The maximum Gasteiger partial charge on any atom is 0.338 e. The Morgan fingerprint density at radius 2 is 1.53 bits per heavy atom. The fraction of sp³-hybridized carbons (Fsp3) is 0.179. The van der Waals surface area contributed by atoms with Gasteiger partial charge in [-0.05, 0) is 60.0 Å². The number of carbonyl (C=O) groups excluding carboxylic acids is 2. The summed E-state index contributed by atoms with van der Waals surface area (Å²) in [5.74, 6) is -1.48. The average molecular weight is 675 g/mol. The van der Waals surface area contributed by atoms with Crippen molar-refractivity contribution in [3.05, 3.63) is 160 Å². The van der Waals surface area contributed by atoms with Crippen LogP contribution in [0.1, 0.15) is 78.6 Å². The third kappa shape index (κ3) is 7.96. The van der Waals surface area contributed by atoms with Crippen molar-refractivity contribution in [2.75, 3.05) is 11.1 Å². The first-order valence-corrected chi connectivity index (χ1v) is 16.7. The maximum atomic E-state index is 13.4. The summed E-state index contributed by atoms with van der Waals surface area (Å²) in [5.41, 5.74) is 4.70. The Bertz CT molecular complexity index is 1950. The van der Waals surface area contributed by atoms with Crippen LogP contribution in [0.3, 0.4) is 0 Å². The van der Waals surface area contributed by atoms with E-state index in [9.17, 15) is 24.6 Å². The van der Waals surface area contributed by atoms with Crippen molar-refractivity contribution in [1.29, 1.82) is 0 Å². The first-order chi connectivity index (χ1) is 23.8. The zero-order chi connectivity index (χ0) is 34.3. The number of nitrogens with one attached hydrogen (secondary N) is 1. The van der Waals surface area contributed by atoms with Crippen LogP contribution in [0.4, 0.5) is 5.69 Å². The number of aliphatic hydroxyl groups excluding tert-OH is 1. The van der Waals surface area contributed by atoms with Gasteiger partial charge in [-0.25, -0.2) is 9.78 Å². The van der Waals surface area contributed by atoms with E-state index in [4.69, 9.17) is 9.47 Å². The molecule has 9 nitrogen and oxygen atoms in total. The number of carbonyl (C=O) groups is 3. The molecule has 6 rings (SSSR count). The molecule has 1 amide bonds.